The van der Waals surface area contributed by atoms with Gasteiger partial charge in [-0.25, -0.2) is 0 Å². The normalized spacial score (nSPS) is 12.5. The average Bonchev–Trinajstić information content (AvgIpc) is 2.30. The number of alkyl halides is 2. The summed E-state index contributed by atoms with van der Waals surface area (Å²) in [5.41, 5.74) is 0.867. The molecule has 0 saturated carbocycles. The molecule has 1 unspecified atom stereocenters. The zero-order valence-corrected chi connectivity index (χ0v) is 9.83. The van der Waals surface area contributed by atoms with E-state index in [0.29, 0.717) is 0 Å². The van der Waals surface area contributed by atoms with Crippen molar-refractivity contribution in [1.82, 2.24) is 5.32 Å². The summed E-state index contributed by atoms with van der Waals surface area (Å²) in [7, 11) is 0. The van der Waals surface area contributed by atoms with Crippen LogP contribution in [-0.2, 0) is 0 Å². The maximum atomic E-state index is 12.1. The second-order valence-electron chi connectivity index (χ2n) is 3.62. The summed E-state index contributed by atoms with van der Waals surface area (Å²) in [5.74, 6) is 0.169. The van der Waals surface area contributed by atoms with Crippen LogP contribution in [0.2, 0.25) is 0 Å². The number of rotatable bonds is 7. The van der Waals surface area contributed by atoms with Gasteiger partial charge >= 0.3 is 6.61 Å². The van der Waals surface area contributed by atoms with Crippen molar-refractivity contribution >= 4 is 0 Å². The van der Waals surface area contributed by atoms with Crippen molar-refractivity contribution in [3.8, 4) is 5.75 Å². The van der Waals surface area contributed by atoms with Gasteiger partial charge in [-0.05, 0) is 30.7 Å². The molecule has 0 saturated heterocycles. The fourth-order valence-corrected chi connectivity index (χ4v) is 1.52. The van der Waals surface area contributed by atoms with E-state index in [2.05, 4.69) is 23.6 Å². The number of ether oxygens (including phenoxy) is 1. The molecule has 0 heterocycles. The first-order valence-corrected chi connectivity index (χ1v) is 5.58. The molecule has 1 atom stereocenters. The van der Waals surface area contributed by atoms with Crippen LogP contribution < -0.4 is 10.1 Å². The van der Waals surface area contributed by atoms with Crippen LogP contribution in [0.3, 0.4) is 0 Å². The van der Waals surface area contributed by atoms with Gasteiger partial charge in [0.25, 0.3) is 0 Å². The lowest BCUT2D eigenvalue weighted by atomic mass is 10.1. The van der Waals surface area contributed by atoms with Gasteiger partial charge in [-0.1, -0.05) is 25.1 Å². The van der Waals surface area contributed by atoms with Crippen molar-refractivity contribution in [3.05, 3.63) is 42.5 Å². The van der Waals surface area contributed by atoms with E-state index < -0.39 is 6.61 Å². The zero-order valence-electron chi connectivity index (χ0n) is 9.83. The molecule has 0 amide bonds. The van der Waals surface area contributed by atoms with E-state index >= 15 is 0 Å². The van der Waals surface area contributed by atoms with Crippen LogP contribution in [0, 0.1) is 0 Å². The molecule has 0 aliphatic rings. The number of benzene rings is 1. The molecule has 0 aliphatic heterocycles. The Bertz CT molecular complexity index is 355. The summed E-state index contributed by atoms with van der Waals surface area (Å²) in [6.45, 7) is 3.84. The van der Waals surface area contributed by atoms with E-state index in [0.717, 1.165) is 18.5 Å². The van der Waals surface area contributed by atoms with Gasteiger partial charge in [0.05, 0.1) is 6.04 Å². The smallest absolute Gasteiger partial charge is 0.387 e. The molecule has 1 aromatic rings. The van der Waals surface area contributed by atoms with E-state index in [1.54, 1.807) is 18.2 Å². The van der Waals surface area contributed by atoms with Crippen LogP contribution in [-0.4, -0.2) is 13.2 Å². The standard InChI is InChI=1S/C13H17F2NO/c1-3-8-16-12(4-2)10-6-5-7-11(9-10)17-13(14)15/h4-7,9,12-13,16H,2-3,8H2,1H3. The molecule has 1 rings (SSSR count). The van der Waals surface area contributed by atoms with Crippen molar-refractivity contribution in [1.29, 1.82) is 0 Å². The minimum atomic E-state index is -2.80. The molecule has 0 aromatic heterocycles. The third-order valence-electron chi connectivity index (χ3n) is 2.29. The predicted octanol–water partition coefficient (Wildman–Crippen LogP) is 3.51. The lowest BCUT2D eigenvalue weighted by Crippen LogP contribution is -2.20. The van der Waals surface area contributed by atoms with Gasteiger partial charge in [-0.3, -0.25) is 0 Å². The first-order valence-electron chi connectivity index (χ1n) is 5.58. The van der Waals surface area contributed by atoms with Crippen LogP contribution in [0.5, 0.6) is 5.75 Å². The highest BCUT2D eigenvalue weighted by Gasteiger charge is 2.09. The Balaban J connectivity index is 2.77. The molecule has 1 aromatic carbocycles. The van der Waals surface area contributed by atoms with E-state index in [4.69, 9.17) is 0 Å². The van der Waals surface area contributed by atoms with Crippen LogP contribution in [0.4, 0.5) is 8.78 Å². The molecule has 0 radical (unpaired) electrons. The Morgan fingerprint density at radius 3 is 2.82 bits per heavy atom. The number of nitrogens with one attached hydrogen (secondary N) is 1. The van der Waals surface area contributed by atoms with Crippen LogP contribution >= 0.6 is 0 Å². The fourth-order valence-electron chi connectivity index (χ4n) is 1.52. The number of hydrogen-bond acceptors (Lipinski definition) is 2. The minimum Gasteiger partial charge on any atom is -0.435 e. The Morgan fingerprint density at radius 2 is 2.24 bits per heavy atom. The van der Waals surface area contributed by atoms with Crippen LogP contribution in [0.15, 0.2) is 36.9 Å². The predicted molar refractivity (Wildman–Crippen MR) is 64.3 cm³/mol. The zero-order chi connectivity index (χ0) is 12.7. The molecule has 94 valence electrons. The second kappa shape index (κ2) is 7.01. The Morgan fingerprint density at radius 1 is 1.47 bits per heavy atom. The van der Waals surface area contributed by atoms with Crippen molar-refractivity contribution in [2.75, 3.05) is 6.54 Å². The summed E-state index contributed by atoms with van der Waals surface area (Å²) in [4.78, 5) is 0. The summed E-state index contributed by atoms with van der Waals surface area (Å²) in [6.07, 6.45) is 2.74. The maximum absolute atomic E-state index is 12.1. The summed E-state index contributed by atoms with van der Waals surface area (Å²) in [5, 5.41) is 3.25. The molecule has 0 spiro atoms. The van der Waals surface area contributed by atoms with Crippen molar-refractivity contribution in [2.24, 2.45) is 0 Å². The maximum Gasteiger partial charge on any atom is 0.387 e. The Labute approximate surface area is 100 Å². The highest BCUT2D eigenvalue weighted by Crippen LogP contribution is 2.21. The largest absolute Gasteiger partial charge is 0.435 e. The van der Waals surface area contributed by atoms with Gasteiger partial charge in [-0.15, -0.1) is 6.58 Å². The quantitative estimate of drug-likeness (QED) is 0.737. The van der Waals surface area contributed by atoms with Crippen molar-refractivity contribution < 1.29 is 13.5 Å². The van der Waals surface area contributed by atoms with Gasteiger partial charge in [0.15, 0.2) is 0 Å². The summed E-state index contributed by atoms with van der Waals surface area (Å²) < 4.78 is 28.5. The lowest BCUT2D eigenvalue weighted by Gasteiger charge is -2.15. The third kappa shape index (κ3) is 4.53. The minimum absolute atomic E-state index is 0.0452. The Kier molecular flexibility index (Phi) is 5.63. The Hall–Kier alpha value is -1.42. The summed E-state index contributed by atoms with van der Waals surface area (Å²) in [6, 6.07) is 6.61. The molecule has 0 fully saturated rings. The highest BCUT2D eigenvalue weighted by atomic mass is 19.3. The second-order valence-corrected chi connectivity index (χ2v) is 3.62. The molecule has 1 N–H and O–H groups in total. The van der Waals surface area contributed by atoms with E-state index in [-0.39, 0.29) is 11.8 Å². The van der Waals surface area contributed by atoms with E-state index in [1.807, 2.05) is 6.07 Å². The molecule has 2 nitrogen and oxygen atoms in total. The highest BCUT2D eigenvalue weighted by molar-refractivity contribution is 5.32. The molecular weight excluding hydrogens is 224 g/mol. The van der Waals surface area contributed by atoms with Crippen LogP contribution in [0.1, 0.15) is 24.9 Å². The topological polar surface area (TPSA) is 21.3 Å². The first-order chi connectivity index (χ1) is 8.17. The first kappa shape index (κ1) is 13.6. The number of halogens is 2. The fraction of sp³-hybridized carbons (Fsp3) is 0.385. The molecule has 4 heteroatoms. The monoisotopic (exact) mass is 241 g/mol. The van der Waals surface area contributed by atoms with E-state index in [1.165, 1.54) is 6.07 Å². The van der Waals surface area contributed by atoms with Gasteiger partial charge in [0, 0.05) is 0 Å². The van der Waals surface area contributed by atoms with Gasteiger partial charge < -0.3 is 10.1 Å². The van der Waals surface area contributed by atoms with E-state index in [9.17, 15) is 8.78 Å². The molecule has 0 aliphatic carbocycles. The van der Waals surface area contributed by atoms with Gasteiger partial charge in [-0.2, -0.15) is 8.78 Å². The van der Waals surface area contributed by atoms with Crippen molar-refractivity contribution in [2.45, 2.75) is 26.0 Å². The molecule has 0 bridgehead atoms. The average molecular weight is 241 g/mol. The number of hydrogen-bond donors (Lipinski definition) is 1. The summed E-state index contributed by atoms with van der Waals surface area (Å²) >= 11 is 0. The van der Waals surface area contributed by atoms with Crippen molar-refractivity contribution in [3.63, 3.8) is 0 Å². The molecular formula is C13H17F2NO. The van der Waals surface area contributed by atoms with Gasteiger partial charge in [0.1, 0.15) is 5.75 Å². The lowest BCUT2D eigenvalue weighted by molar-refractivity contribution is -0.0498. The van der Waals surface area contributed by atoms with Gasteiger partial charge in [0.2, 0.25) is 0 Å². The SMILES string of the molecule is C=CC(NCCC)c1cccc(OC(F)F)c1. The molecule has 17 heavy (non-hydrogen) atoms. The van der Waals surface area contributed by atoms with Crippen LogP contribution in [0.25, 0.3) is 0 Å². The third-order valence-corrected chi connectivity index (χ3v) is 2.29.